The lowest BCUT2D eigenvalue weighted by atomic mass is 9.85. The Labute approximate surface area is 89.9 Å². The van der Waals surface area contributed by atoms with Gasteiger partial charge in [0.25, 0.3) is 0 Å². The standard InChI is InChI=1S/C12H17NO2/c1-12(2,3)9-6-4-5-8(11(9)15)10(14)7-13/h4-6,15H,7,13H2,1-3H3. The molecular formula is C12H17NO2. The van der Waals surface area contributed by atoms with Crippen LogP contribution in [0.2, 0.25) is 0 Å². The highest BCUT2D eigenvalue weighted by atomic mass is 16.3. The summed E-state index contributed by atoms with van der Waals surface area (Å²) in [4.78, 5) is 11.4. The fourth-order valence-corrected chi connectivity index (χ4v) is 1.48. The van der Waals surface area contributed by atoms with E-state index in [1.54, 1.807) is 12.1 Å². The molecular weight excluding hydrogens is 190 g/mol. The quantitative estimate of drug-likeness (QED) is 0.727. The van der Waals surface area contributed by atoms with Crippen LogP contribution in [0.3, 0.4) is 0 Å². The number of phenols is 1. The van der Waals surface area contributed by atoms with Crippen molar-refractivity contribution in [2.75, 3.05) is 6.54 Å². The number of rotatable bonds is 2. The molecule has 0 heterocycles. The van der Waals surface area contributed by atoms with Crippen molar-refractivity contribution in [3.05, 3.63) is 29.3 Å². The van der Waals surface area contributed by atoms with Gasteiger partial charge in [0.1, 0.15) is 5.75 Å². The molecule has 1 rings (SSSR count). The molecule has 0 saturated carbocycles. The molecule has 3 heteroatoms. The zero-order valence-corrected chi connectivity index (χ0v) is 9.37. The number of aromatic hydroxyl groups is 1. The fraction of sp³-hybridized carbons (Fsp3) is 0.417. The number of nitrogens with two attached hydrogens (primary N) is 1. The summed E-state index contributed by atoms with van der Waals surface area (Å²) in [6, 6.07) is 5.19. The maximum Gasteiger partial charge on any atom is 0.180 e. The molecule has 15 heavy (non-hydrogen) atoms. The summed E-state index contributed by atoms with van der Waals surface area (Å²) < 4.78 is 0. The molecule has 1 aromatic rings. The zero-order chi connectivity index (χ0) is 11.6. The van der Waals surface area contributed by atoms with Crippen molar-refractivity contribution in [1.29, 1.82) is 0 Å². The first-order valence-electron chi connectivity index (χ1n) is 4.93. The van der Waals surface area contributed by atoms with E-state index >= 15 is 0 Å². The molecule has 0 radical (unpaired) electrons. The average Bonchev–Trinajstić information content (AvgIpc) is 2.15. The van der Waals surface area contributed by atoms with Crippen molar-refractivity contribution in [1.82, 2.24) is 0 Å². The zero-order valence-electron chi connectivity index (χ0n) is 9.37. The highest BCUT2D eigenvalue weighted by Gasteiger charge is 2.21. The Bertz CT molecular complexity index is 378. The van der Waals surface area contributed by atoms with E-state index in [0.717, 1.165) is 5.56 Å². The predicted molar refractivity (Wildman–Crippen MR) is 60.2 cm³/mol. The van der Waals surface area contributed by atoms with E-state index in [-0.39, 0.29) is 23.5 Å². The topological polar surface area (TPSA) is 63.3 Å². The highest BCUT2D eigenvalue weighted by Crippen LogP contribution is 2.32. The average molecular weight is 207 g/mol. The SMILES string of the molecule is CC(C)(C)c1cccc(C(=O)CN)c1O. The summed E-state index contributed by atoms with van der Waals surface area (Å²) in [5.74, 6) is -0.181. The molecule has 3 N–H and O–H groups in total. The maximum absolute atomic E-state index is 11.4. The number of carbonyl (C=O) groups is 1. The first-order chi connectivity index (χ1) is 6.88. The third-order valence-corrected chi connectivity index (χ3v) is 2.33. The van der Waals surface area contributed by atoms with Gasteiger partial charge in [0.15, 0.2) is 5.78 Å². The molecule has 0 aliphatic rings. The molecule has 0 amide bonds. The monoisotopic (exact) mass is 207 g/mol. The predicted octanol–water partition coefficient (Wildman–Crippen LogP) is 1.83. The van der Waals surface area contributed by atoms with Crippen molar-refractivity contribution >= 4 is 5.78 Å². The van der Waals surface area contributed by atoms with Crippen LogP contribution in [0.15, 0.2) is 18.2 Å². The van der Waals surface area contributed by atoms with Gasteiger partial charge in [-0.15, -0.1) is 0 Å². The molecule has 0 atom stereocenters. The minimum Gasteiger partial charge on any atom is -0.507 e. The molecule has 0 aromatic heterocycles. The molecule has 0 saturated heterocycles. The van der Waals surface area contributed by atoms with Crippen LogP contribution >= 0.6 is 0 Å². The minimum atomic E-state index is -0.237. The molecule has 0 aliphatic heterocycles. The lowest BCUT2D eigenvalue weighted by molar-refractivity contribution is 0.0998. The molecule has 0 bridgehead atoms. The molecule has 0 unspecified atom stereocenters. The van der Waals surface area contributed by atoms with Crippen LogP contribution in [0.5, 0.6) is 5.75 Å². The van der Waals surface area contributed by atoms with E-state index in [1.165, 1.54) is 0 Å². The van der Waals surface area contributed by atoms with E-state index in [1.807, 2.05) is 26.8 Å². The number of benzene rings is 1. The Morgan fingerprint density at radius 2 is 2.00 bits per heavy atom. The summed E-state index contributed by atoms with van der Waals surface area (Å²) in [6.45, 7) is 5.87. The van der Waals surface area contributed by atoms with Gasteiger partial charge in [-0.2, -0.15) is 0 Å². The normalized spacial score (nSPS) is 11.5. The van der Waals surface area contributed by atoms with E-state index in [4.69, 9.17) is 5.73 Å². The van der Waals surface area contributed by atoms with Crippen LogP contribution < -0.4 is 5.73 Å². The van der Waals surface area contributed by atoms with Gasteiger partial charge in [-0.05, 0) is 17.0 Å². The van der Waals surface area contributed by atoms with Gasteiger partial charge < -0.3 is 10.8 Å². The largest absolute Gasteiger partial charge is 0.507 e. The number of hydrogen-bond donors (Lipinski definition) is 2. The second kappa shape index (κ2) is 4.03. The smallest absolute Gasteiger partial charge is 0.180 e. The van der Waals surface area contributed by atoms with E-state index < -0.39 is 0 Å². The number of hydrogen-bond acceptors (Lipinski definition) is 3. The number of ketones is 1. The van der Waals surface area contributed by atoms with Gasteiger partial charge >= 0.3 is 0 Å². The second-order valence-electron chi connectivity index (χ2n) is 4.58. The number of carbonyl (C=O) groups excluding carboxylic acids is 1. The molecule has 82 valence electrons. The van der Waals surface area contributed by atoms with E-state index in [0.29, 0.717) is 5.56 Å². The third-order valence-electron chi connectivity index (χ3n) is 2.33. The molecule has 0 spiro atoms. The van der Waals surface area contributed by atoms with E-state index in [9.17, 15) is 9.90 Å². The van der Waals surface area contributed by atoms with Crippen LogP contribution in [0.25, 0.3) is 0 Å². The Morgan fingerprint density at radius 3 is 2.47 bits per heavy atom. The minimum absolute atomic E-state index is 0.0560. The number of para-hydroxylation sites is 1. The first kappa shape index (κ1) is 11.7. The Hall–Kier alpha value is -1.35. The van der Waals surface area contributed by atoms with Crippen molar-refractivity contribution in [2.45, 2.75) is 26.2 Å². The Kier molecular flexibility index (Phi) is 3.15. The van der Waals surface area contributed by atoms with Gasteiger partial charge in [-0.3, -0.25) is 4.79 Å². The molecule has 1 aromatic carbocycles. The van der Waals surface area contributed by atoms with Crippen molar-refractivity contribution in [3.8, 4) is 5.75 Å². The van der Waals surface area contributed by atoms with Gasteiger partial charge in [0.05, 0.1) is 12.1 Å². The molecule has 0 fully saturated rings. The van der Waals surface area contributed by atoms with Crippen LogP contribution in [0.1, 0.15) is 36.7 Å². The van der Waals surface area contributed by atoms with Crippen molar-refractivity contribution in [2.24, 2.45) is 5.73 Å². The Balaban J connectivity index is 3.30. The fourth-order valence-electron chi connectivity index (χ4n) is 1.48. The van der Waals surface area contributed by atoms with Crippen LogP contribution in [-0.4, -0.2) is 17.4 Å². The van der Waals surface area contributed by atoms with Crippen molar-refractivity contribution < 1.29 is 9.90 Å². The van der Waals surface area contributed by atoms with Gasteiger partial charge in [0.2, 0.25) is 0 Å². The van der Waals surface area contributed by atoms with Crippen LogP contribution in [0, 0.1) is 0 Å². The number of phenolic OH excluding ortho intramolecular Hbond substituents is 1. The summed E-state index contributed by atoms with van der Waals surface area (Å²) in [5, 5.41) is 9.95. The summed E-state index contributed by atoms with van der Waals surface area (Å²) in [5.41, 5.74) is 6.16. The third kappa shape index (κ3) is 2.36. The van der Waals surface area contributed by atoms with E-state index in [2.05, 4.69) is 0 Å². The maximum atomic E-state index is 11.4. The Morgan fingerprint density at radius 1 is 1.40 bits per heavy atom. The number of Topliss-reactive ketones (excluding diaryl/α,β-unsaturated/α-hetero) is 1. The first-order valence-corrected chi connectivity index (χ1v) is 4.93. The summed E-state index contributed by atoms with van der Waals surface area (Å²) >= 11 is 0. The second-order valence-corrected chi connectivity index (χ2v) is 4.58. The summed E-state index contributed by atoms with van der Waals surface area (Å²) in [6.07, 6.45) is 0. The van der Waals surface area contributed by atoms with Crippen molar-refractivity contribution in [3.63, 3.8) is 0 Å². The summed E-state index contributed by atoms with van der Waals surface area (Å²) in [7, 11) is 0. The molecule has 3 nitrogen and oxygen atoms in total. The van der Waals surface area contributed by atoms with Gasteiger partial charge in [0, 0.05) is 0 Å². The van der Waals surface area contributed by atoms with Crippen LogP contribution in [0.4, 0.5) is 0 Å². The van der Waals surface area contributed by atoms with Crippen LogP contribution in [-0.2, 0) is 5.41 Å². The molecule has 0 aliphatic carbocycles. The highest BCUT2D eigenvalue weighted by molar-refractivity contribution is 6.00. The van der Waals surface area contributed by atoms with Gasteiger partial charge in [-0.25, -0.2) is 0 Å². The lowest BCUT2D eigenvalue weighted by Gasteiger charge is -2.21. The van der Waals surface area contributed by atoms with Gasteiger partial charge in [-0.1, -0.05) is 32.9 Å². The lowest BCUT2D eigenvalue weighted by Crippen LogP contribution is -2.17.